The Kier molecular flexibility index (Phi) is 3.80. The lowest BCUT2D eigenvalue weighted by Crippen LogP contribution is -2.14. The van der Waals surface area contributed by atoms with Gasteiger partial charge >= 0.3 is 0 Å². The molecule has 3 rings (SSSR count). The largest absolute Gasteiger partial charge is 0.394 e. The zero-order chi connectivity index (χ0) is 14.8. The summed E-state index contributed by atoms with van der Waals surface area (Å²) < 4.78 is 7.64. The Hall–Kier alpha value is -2.06. The summed E-state index contributed by atoms with van der Waals surface area (Å²) in [5, 5.41) is 9.16. The van der Waals surface area contributed by atoms with E-state index in [-0.39, 0.29) is 18.9 Å². The fraction of sp³-hybridized carbons (Fsp3) is 0.538. The van der Waals surface area contributed by atoms with Crippen LogP contribution in [-0.4, -0.2) is 62.7 Å². The molecule has 3 heterocycles. The maximum atomic E-state index is 9.16. The smallest absolute Gasteiger partial charge is 0.184 e. The van der Waals surface area contributed by atoms with Crippen molar-refractivity contribution in [2.75, 3.05) is 20.7 Å². The molecule has 1 aliphatic rings. The van der Waals surface area contributed by atoms with E-state index in [4.69, 9.17) is 9.84 Å². The molecule has 0 radical (unpaired) electrons. The Bertz CT molecular complexity index is 653. The number of rotatable bonds is 4. The predicted octanol–water partition coefficient (Wildman–Crippen LogP) is 0.718. The lowest BCUT2D eigenvalue weighted by atomic mass is 10.2. The summed E-state index contributed by atoms with van der Waals surface area (Å²) in [7, 11) is 3.78. The molecule has 21 heavy (non-hydrogen) atoms. The summed E-state index contributed by atoms with van der Waals surface area (Å²) >= 11 is 0. The Labute approximate surface area is 122 Å². The summed E-state index contributed by atoms with van der Waals surface area (Å²) in [6.07, 6.45) is 6.25. The van der Waals surface area contributed by atoms with Gasteiger partial charge in [-0.1, -0.05) is 0 Å². The summed E-state index contributed by atoms with van der Waals surface area (Å²) in [6.45, 7) is 0.0382. The summed E-state index contributed by atoms with van der Waals surface area (Å²) in [5.41, 5.74) is 1.34. The molecule has 0 amide bonds. The van der Waals surface area contributed by atoms with Crippen LogP contribution in [0.5, 0.6) is 0 Å². The number of aliphatic hydroxyl groups is 1. The van der Waals surface area contributed by atoms with E-state index in [9.17, 15) is 0 Å². The molecule has 1 aliphatic heterocycles. The average molecular weight is 290 g/mol. The molecule has 1 saturated heterocycles. The minimum Gasteiger partial charge on any atom is -0.394 e. The van der Waals surface area contributed by atoms with Crippen molar-refractivity contribution >= 4 is 23.3 Å². The molecular formula is C13H18N6O2. The maximum absolute atomic E-state index is 9.16. The molecule has 0 spiro atoms. The van der Waals surface area contributed by atoms with E-state index in [1.54, 1.807) is 12.7 Å². The fourth-order valence-corrected chi connectivity index (χ4v) is 2.34. The summed E-state index contributed by atoms with van der Waals surface area (Å²) in [6, 6.07) is 0. The van der Waals surface area contributed by atoms with Crippen LogP contribution in [0.25, 0.3) is 11.2 Å². The summed E-state index contributed by atoms with van der Waals surface area (Å²) in [5.74, 6) is 0.532. The van der Waals surface area contributed by atoms with Crippen LogP contribution in [0, 0.1) is 0 Å². The van der Waals surface area contributed by atoms with Gasteiger partial charge in [0.25, 0.3) is 0 Å². The van der Waals surface area contributed by atoms with E-state index in [2.05, 4.69) is 19.9 Å². The number of aromatic nitrogens is 4. The van der Waals surface area contributed by atoms with E-state index < -0.39 is 0 Å². The molecule has 0 bridgehead atoms. The second-order valence-corrected chi connectivity index (χ2v) is 5.20. The van der Waals surface area contributed by atoms with Gasteiger partial charge in [-0.05, 0) is 12.8 Å². The molecule has 1 N–H and O–H groups in total. The van der Waals surface area contributed by atoms with Crippen LogP contribution in [0.3, 0.4) is 0 Å². The molecule has 2 aromatic rings. The zero-order valence-electron chi connectivity index (χ0n) is 12.0. The standard InChI is InChI=1S/C13H18N6O2/c1-18(2)7-17-12-11-13(15-6-14-12)19(8-16-11)10-4-3-9(5-20)21-10/h6-10,20H,3-5H2,1-2H3/t9-,10+/m0/s1. The number of nitrogens with zero attached hydrogens (tertiary/aromatic N) is 6. The van der Waals surface area contributed by atoms with Crippen molar-refractivity contribution in [2.45, 2.75) is 25.2 Å². The molecule has 2 atom stereocenters. The van der Waals surface area contributed by atoms with Crippen molar-refractivity contribution in [2.24, 2.45) is 4.99 Å². The zero-order valence-corrected chi connectivity index (χ0v) is 12.0. The molecule has 0 aromatic carbocycles. The number of aliphatic imine (C=N–C) groups is 1. The first kappa shape index (κ1) is 13.9. The first-order valence-corrected chi connectivity index (χ1v) is 6.83. The van der Waals surface area contributed by atoms with Gasteiger partial charge in [0, 0.05) is 14.1 Å². The van der Waals surface area contributed by atoms with E-state index in [0.717, 1.165) is 12.8 Å². The van der Waals surface area contributed by atoms with E-state index in [1.165, 1.54) is 6.33 Å². The van der Waals surface area contributed by atoms with Gasteiger partial charge in [-0.3, -0.25) is 4.57 Å². The lowest BCUT2D eigenvalue weighted by molar-refractivity contribution is -0.0207. The van der Waals surface area contributed by atoms with Gasteiger partial charge in [-0.15, -0.1) is 0 Å². The van der Waals surface area contributed by atoms with Gasteiger partial charge in [0.1, 0.15) is 12.6 Å². The normalized spacial score (nSPS) is 22.4. The topological polar surface area (TPSA) is 88.7 Å². The van der Waals surface area contributed by atoms with Crippen LogP contribution >= 0.6 is 0 Å². The number of imidazole rings is 1. The van der Waals surface area contributed by atoms with Gasteiger partial charge in [0.15, 0.2) is 17.0 Å². The van der Waals surface area contributed by atoms with Crippen LogP contribution in [0.1, 0.15) is 19.1 Å². The molecule has 0 saturated carbocycles. The SMILES string of the molecule is CN(C)C=Nc1ncnc2c1ncn2[C@H]1CC[C@@H](CO)O1. The number of aliphatic hydroxyl groups excluding tert-OH is 1. The third-order valence-electron chi connectivity index (χ3n) is 3.35. The highest BCUT2D eigenvalue weighted by atomic mass is 16.5. The fourth-order valence-electron chi connectivity index (χ4n) is 2.34. The van der Waals surface area contributed by atoms with E-state index >= 15 is 0 Å². The van der Waals surface area contributed by atoms with Crippen molar-refractivity contribution in [1.29, 1.82) is 0 Å². The van der Waals surface area contributed by atoms with Crippen molar-refractivity contribution in [3.05, 3.63) is 12.7 Å². The van der Waals surface area contributed by atoms with Crippen LogP contribution < -0.4 is 0 Å². The second kappa shape index (κ2) is 5.74. The van der Waals surface area contributed by atoms with Crippen LogP contribution in [-0.2, 0) is 4.74 Å². The average Bonchev–Trinajstić information content (AvgIpc) is 3.10. The molecule has 112 valence electrons. The molecule has 8 nitrogen and oxygen atoms in total. The minimum atomic E-state index is -0.146. The molecular weight excluding hydrogens is 272 g/mol. The predicted molar refractivity (Wildman–Crippen MR) is 77.4 cm³/mol. The van der Waals surface area contributed by atoms with Gasteiger partial charge in [-0.2, -0.15) is 0 Å². The van der Waals surface area contributed by atoms with Crippen LogP contribution in [0.4, 0.5) is 5.82 Å². The second-order valence-electron chi connectivity index (χ2n) is 5.20. The Morgan fingerprint density at radius 3 is 3.00 bits per heavy atom. The molecule has 0 aliphatic carbocycles. The highest BCUT2D eigenvalue weighted by molar-refractivity contribution is 5.82. The van der Waals surface area contributed by atoms with Crippen molar-refractivity contribution in [3.63, 3.8) is 0 Å². The highest BCUT2D eigenvalue weighted by Gasteiger charge is 2.27. The molecule has 2 aromatic heterocycles. The third-order valence-corrected chi connectivity index (χ3v) is 3.35. The van der Waals surface area contributed by atoms with Crippen molar-refractivity contribution in [1.82, 2.24) is 24.4 Å². The lowest BCUT2D eigenvalue weighted by Gasteiger charge is -2.13. The maximum Gasteiger partial charge on any atom is 0.184 e. The van der Waals surface area contributed by atoms with E-state index in [0.29, 0.717) is 17.0 Å². The monoisotopic (exact) mass is 290 g/mol. The van der Waals surface area contributed by atoms with Crippen molar-refractivity contribution < 1.29 is 9.84 Å². The van der Waals surface area contributed by atoms with E-state index in [1.807, 2.05) is 23.6 Å². The van der Waals surface area contributed by atoms with Crippen molar-refractivity contribution in [3.8, 4) is 0 Å². The third kappa shape index (κ3) is 2.72. The highest BCUT2D eigenvalue weighted by Crippen LogP contribution is 2.31. The van der Waals surface area contributed by atoms with Gasteiger partial charge < -0.3 is 14.7 Å². The Morgan fingerprint density at radius 2 is 2.29 bits per heavy atom. The number of fused-ring (bicyclic) bond motifs is 1. The summed E-state index contributed by atoms with van der Waals surface area (Å²) in [4.78, 5) is 18.9. The quantitative estimate of drug-likeness (QED) is 0.659. The number of hydrogen-bond acceptors (Lipinski definition) is 6. The number of hydrogen-bond donors (Lipinski definition) is 1. The van der Waals surface area contributed by atoms with Gasteiger partial charge in [-0.25, -0.2) is 19.9 Å². The first-order valence-electron chi connectivity index (χ1n) is 6.83. The van der Waals surface area contributed by atoms with Crippen LogP contribution in [0.2, 0.25) is 0 Å². The molecule has 0 unspecified atom stereocenters. The molecule has 1 fully saturated rings. The minimum absolute atomic E-state index is 0.0382. The van der Waals surface area contributed by atoms with Gasteiger partial charge in [0.05, 0.1) is 25.4 Å². The van der Waals surface area contributed by atoms with Crippen LogP contribution in [0.15, 0.2) is 17.6 Å². The Balaban J connectivity index is 1.94. The first-order chi connectivity index (χ1) is 10.2. The number of ether oxygens (including phenoxy) is 1. The molecule has 8 heteroatoms. The van der Waals surface area contributed by atoms with Gasteiger partial charge in [0.2, 0.25) is 0 Å². The Morgan fingerprint density at radius 1 is 1.43 bits per heavy atom.